The van der Waals surface area contributed by atoms with E-state index in [1.54, 1.807) is 0 Å². The van der Waals surface area contributed by atoms with Crippen LogP contribution in [0.15, 0.2) is 4.99 Å². The summed E-state index contributed by atoms with van der Waals surface area (Å²) in [5.74, 6) is 6.13. The average Bonchev–Trinajstić information content (AvgIpc) is 2.14. The van der Waals surface area contributed by atoms with Crippen LogP contribution in [0, 0.1) is 0 Å². The molecule has 0 saturated heterocycles. The van der Waals surface area contributed by atoms with Gasteiger partial charge in [-0.2, -0.15) is 0 Å². The van der Waals surface area contributed by atoms with Crippen LogP contribution < -0.4 is 16.6 Å². The first-order valence-corrected chi connectivity index (χ1v) is 5.49. The third-order valence-corrected chi connectivity index (χ3v) is 2.80. The molecule has 0 amide bonds. The van der Waals surface area contributed by atoms with Crippen LogP contribution in [0.2, 0.25) is 0 Å². The number of rotatable bonds is 4. The molecule has 0 aromatic rings. The SMILES string of the molecule is CCCCN=C(NN)NC1(C)CCC1. The monoisotopic (exact) mass is 198 g/mol. The van der Waals surface area contributed by atoms with E-state index in [-0.39, 0.29) is 5.54 Å². The Hall–Kier alpha value is -0.770. The van der Waals surface area contributed by atoms with Gasteiger partial charge < -0.3 is 5.32 Å². The van der Waals surface area contributed by atoms with E-state index in [2.05, 4.69) is 29.6 Å². The van der Waals surface area contributed by atoms with E-state index in [9.17, 15) is 0 Å². The molecule has 1 rings (SSSR count). The Balaban J connectivity index is 2.33. The van der Waals surface area contributed by atoms with Crippen molar-refractivity contribution in [1.82, 2.24) is 10.7 Å². The Labute approximate surface area is 86.3 Å². The lowest BCUT2D eigenvalue weighted by Gasteiger charge is -2.40. The standard InChI is InChI=1S/C10H22N4/c1-3-4-8-12-9(14-11)13-10(2)6-5-7-10/h3-8,11H2,1-2H3,(H2,12,13,14). The molecule has 0 radical (unpaired) electrons. The van der Waals surface area contributed by atoms with Gasteiger partial charge in [0.1, 0.15) is 0 Å². The zero-order valence-electron chi connectivity index (χ0n) is 9.27. The molecular formula is C10H22N4. The molecule has 4 heteroatoms. The van der Waals surface area contributed by atoms with Gasteiger partial charge in [-0.15, -0.1) is 0 Å². The van der Waals surface area contributed by atoms with E-state index < -0.39 is 0 Å². The summed E-state index contributed by atoms with van der Waals surface area (Å²) in [6.45, 7) is 5.22. The molecule has 0 atom stereocenters. The minimum Gasteiger partial charge on any atom is -0.350 e. The summed E-state index contributed by atoms with van der Waals surface area (Å²) >= 11 is 0. The Morgan fingerprint density at radius 2 is 2.21 bits per heavy atom. The molecule has 82 valence electrons. The Kier molecular flexibility index (Phi) is 4.20. The molecule has 0 heterocycles. The first-order chi connectivity index (χ1) is 6.70. The summed E-state index contributed by atoms with van der Waals surface area (Å²) in [5, 5.41) is 3.35. The molecule has 14 heavy (non-hydrogen) atoms. The Bertz CT molecular complexity index is 196. The number of hydrogen-bond donors (Lipinski definition) is 3. The van der Waals surface area contributed by atoms with Gasteiger partial charge in [-0.25, -0.2) is 5.84 Å². The number of guanidine groups is 1. The van der Waals surface area contributed by atoms with Crippen molar-refractivity contribution in [3.05, 3.63) is 0 Å². The summed E-state index contributed by atoms with van der Waals surface area (Å²) < 4.78 is 0. The second-order valence-electron chi connectivity index (χ2n) is 4.27. The summed E-state index contributed by atoms with van der Waals surface area (Å²) in [7, 11) is 0. The quantitative estimate of drug-likeness (QED) is 0.209. The van der Waals surface area contributed by atoms with E-state index in [1.165, 1.54) is 25.7 Å². The van der Waals surface area contributed by atoms with Crippen molar-refractivity contribution < 1.29 is 0 Å². The molecule has 4 nitrogen and oxygen atoms in total. The van der Waals surface area contributed by atoms with Crippen molar-refractivity contribution in [3.8, 4) is 0 Å². The molecule has 0 spiro atoms. The van der Waals surface area contributed by atoms with Crippen LogP contribution in [-0.4, -0.2) is 18.0 Å². The number of hydrazine groups is 1. The van der Waals surface area contributed by atoms with E-state index in [1.807, 2.05) is 0 Å². The van der Waals surface area contributed by atoms with Crippen LogP contribution in [0.5, 0.6) is 0 Å². The van der Waals surface area contributed by atoms with Crippen molar-refractivity contribution in [1.29, 1.82) is 0 Å². The van der Waals surface area contributed by atoms with Crippen LogP contribution in [0.25, 0.3) is 0 Å². The molecular weight excluding hydrogens is 176 g/mol. The lowest BCUT2D eigenvalue weighted by Crippen LogP contribution is -2.56. The molecule has 0 aliphatic heterocycles. The molecule has 0 bridgehead atoms. The van der Waals surface area contributed by atoms with Gasteiger partial charge in [-0.05, 0) is 32.6 Å². The normalized spacial score (nSPS) is 20.1. The first-order valence-electron chi connectivity index (χ1n) is 5.49. The predicted octanol–water partition coefficient (Wildman–Crippen LogP) is 1.14. The van der Waals surface area contributed by atoms with Crippen molar-refractivity contribution >= 4 is 5.96 Å². The van der Waals surface area contributed by atoms with Crippen molar-refractivity contribution in [3.63, 3.8) is 0 Å². The van der Waals surface area contributed by atoms with Crippen LogP contribution in [0.1, 0.15) is 46.0 Å². The van der Waals surface area contributed by atoms with Gasteiger partial charge in [0.25, 0.3) is 0 Å². The highest BCUT2D eigenvalue weighted by atomic mass is 15.3. The molecule has 0 aromatic heterocycles. The maximum atomic E-state index is 5.40. The molecule has 1 saturated carbocycles. The Morgan fingerprint density at radius 1 is 1.50 bits per heavy atom. The van der Waals surface area contributed by atoms with Gasteiger partial charge in [0, 0.05) is 12.1 Å². The fourth-order valence-corrected chi connectivity index (χ4v) is 1.59. The van der Waals surface area contributed by atoms with Crippen molar-refractivity contribution in [2.75, 3.05) is 6.54 Å². The highest BCUT2D eigenvalue weighted by molar-refractivity contribution is 5.80. The van der Waals surface area contributed by atoms with Crippen LogP contribution in [-0.2, 0) is 0 Å². The van der Waals surface area contributed by atoms with Gasteiger partial charge in [0.2, 0.25) is 5.96 Å². The van der Waals surface area contributed by atoms with Gasteiger partial charge in [0.15, 0.2) is 0 Å². The fourth-order valence-electron chi connectivity index (χ4n) is 1.59. The minimum absolute atomic E-state index is 0.220. The number of nitrogens with two attached hydrogens (primary N) is 1. The highest BCUT2D eigenvalue weighted by Gasteiger charge is 2.32. The predicted molar refractivity (Wildman–Crippen MR) is 59.9 cm³/mol. The number of nitrogens with zero attached hydrogens (tertiary/aromatic N) is 1. The van der Waals surface area contributed by atoms with Crippen LogP contribution >= 0.6 is 0 Å². The molecule has 1 aliphatic carbocycles. The summed E-state index contributed by atoms with van der Waals surface area (Å²) in [4.78, 5) is 4.37. The number of nitrogens with one attached hydrogen (secondary N) is 2. The first kappa shape index (κ1) is 11.3. The fraction of sp³-hybridized carbons (Fsp3) is 0.900. The van der Waals surface area contributed by atoms with E-state index >= 15 is 0 Å². The zero-order valence-corrected chi connectivity index (χ0v) is 9.27. The molecule has 4 N–H and O–H groups in total. The van der Waals surface area contributed by atoms with E-state index in [0.717, 1.165) is 18.9 Å². The van der Waals surface area contributed by atoms with E-state index in [4.69, 9.17) is 5.84 Å². The Morgan fingerprint density at radius 3 is 2.64 bits per heavy atom. The molecule has 1 fully saturated rings. The third-order valence-electron chi connectivity index (χ3n) is 2.80. The summed E-state index contributed by atoms with van der Waals surface area (Å²) in [5.41, 5.74) is 2.84. The number of hydrogen-bond acceptors (Lipinski definition) is 2. The number of aliphatic imine (C=N–C) groups is 1. The van der Waals surface area contributed by atoms with Gasteiger partial charge in [-0.3, -0.25) is 10.4 Å². The second kappa shape index (κ2) is 5.20. The zero-order chi connectivity index (χ0) is 10.4. The summed E-state index contributed by atoms with van der Waals surface area (Å²) in [6, 6.07) is 0. The van der Waals surface area contributed by atoms with Crippen LogP contribution in [0.3, 0.4) is 0 Å². The number of unbranched alkanes of at least 4 members (excludes halogenated alkanes) is 1. The minimum atomic E-state index is 0.220. The molecule has 0 aromatic carbocycles. The smallest absolute Gasteiger partial charge is 0.206 e. The lowest BCUT2D eigenvalue weighted by atomic mass is 9.79. The topological polar surface area (TPSA) is 62.4 Å². The van der Waals surface area contributed by atoms with Crippen molar-refractivity contribution in [2.45, 2.75) is 51.5 Å². The largest absolute Gasteiger partial charge is 0.350 e. The summed E-state index contributed by atoms with van der Waals surface area (Å²) in [6.07, 6.45) is 6.00. The van der Waals surface area contributed by atoms with Gasteiger partial charge in [-0.1, -0.05) is 13.3 Å². The van der Waals surface area contributed by atoms with Crippen molar-refractivity contribution in [2.24, 2.45) is 10.8 Å². The second-order valence-corrected chi connectivity index (χ2v) is 4.27. The van der Waals surface area contributed by atoms with Gasteiger partial charge in [0.05, 0.1) is 0 Å². The maximum absolute atomic E-state index is 5.40. The average molecular weight is 198 g/mol. The molecule has 0 unspecified atom stereocenters. The molecule has 1 aliphatic rings. The lowest BCUT2D eigenvalue weighted by molar-refractivity contribution is 0.241. The third kappa shape index (κ3) is 3.18. The van der Waals surface area contributed by atoms with Gasteiger partial charge >= 0.3 is 0 Å². The highest BCUT2D eigenvalue weighted by Crippen LogP contribution is 2.30. The van der Waals surface area contributed by atoms with Crippen LogP contribution in [0.4, 0.5) is 0 Å². The van der Waals surface area contributed by atoms with E-state index in [0.29, 0.717) is 0 Å². The maximum Gasteiger partial charge on any atom is 0.206 e.